The maximum absolute atomic E-state index is 13.5. The molecule has 0 unspecified atom stereocenters. The van der Waals surface area contributed by atoms with Gasteiger partial charge in [0.25, 0.3) is 0 Å². The van der Waals surface area contributed by atoms with Crippen molar-refractivity contribution >= 4 is 34.4 Å². The van der Waals surface area contributed by atoms with Crippen molar-refractivity contribution in [1.29, 1.82) is 0 Å². The second kappa shape index (κ2) is 8.87. The van der Waals surface area contributed by atoms with Gasteiger partial charge in [-0.15, -0.1) is 11.8 Å². The van der Waals surface area contributed by atoms with Crippen LogP contribution in [-0.2, 0) is 6.42 Å². The topological polar surface area (TPSA) is 57.4 Å². The van der Waals surface area contributed by atoms with Gasteiger partial charge in [-0.2, -0.15) is 0 Å². The van der Waals surface area contributed by atoms with Crippen LogP contribution in [0.2, 0.25) is 0 Å². The van der Waals surface area contributed by atoms with Crippen LogP contribution in [0.1, 0.15) is 28.4 Å². The Kier molecular flexibility index (Phi) is 5.77. The lowest BCUT2D eigenvalue weighted by Crippen LogP contribution is -2.43. The molecule has 0 saturated carbocycles. The van der Waals surface area contributed by atoms with E-state index in [2.05, 4.69) is 53.6 Å². The summed E-state index contributed by atoms with van der Waals surface area (Å²) < 4.78 is 5.46. The second-order valence-corrected chi connectivity index (χ2v) is 9.23. The van der Waals surface area contributed by atoms with E-state index in [1.807, 2.05) is 41.5 Å². The molecule has 0 bridgehead atoms. The fourth-order valence-corrected chi connectivity index (χ4v) is 5.06. The van der Waals surface area contributed by atoms with Crippen molar-refractivity contribution in [1.82, 2.24) is 9.88 Å². The molecule has 4 aromatic rings. The van der Waals surface area contributed by atoms with Crippen LogP contribution in [0.4, 0.5) is 10.5 Å². The normalized spacial score (nSPS) is 15.4. The number of aromatic amines is 1. The largest absolute Gasteiger partial charge is 0.497 e. The summed E-state index contributed by atoms with van der Waals surface area (Å²) in [5.41, 5.74) is 6.48. The van der Waals surface area contributed by atoms with E-state index >= 15 is 0 Å². The van der Waals surface area contributed by atoms with Crippen molar-refractivity contribution < 1.29 is 9.53 Å². The van der Waals surface area contributed by atoms with Crippen molar-refractivity contribution in [2.75, 3.05) is 25.2 Å². The van der Waals surface area contributed by atoms with Gasteiger partial charge in [-0.05, 0) is 67.1 Å². The number of carbonyl (C=O) groups excluding carboxylic acids is 1. The fourth-order valence-electron chi connectivity index (χ4n) is 4.60. The Morgan fingerprint density at radius 1 is 1.12 bits per heavy atom. The number of carbonyl (C=O) groups is 1. The summed E-state index contributed by atoms with van der Waals surface area (Å²) in [6, 6.07) is 22.2. The quantitative estimate of drug-likeness (QED) is 0.349. The third-order valence-electron chi connectivity index (χ3n) is 6.31. The first kappa shape index (κ1) is 21.5. The molecule has 0 aliphatic carbocycles. The second-order valence-electron chi connectivity index (χ2n) is 8.35. The summed E-state index contributed by atoms with van der Waals surface area (Å²) >= 11 is 1.66. The molecule has 33 heavy (non-hydrogen) atoms. The molecule has 1 aromatic heterocycles. The summed E-state index contributed by atoms with van der Waals surface area (Å²) in [6.45, 7) is 2.71. The molecule has 1 aliphatic heterocycles. The van der Waals surface area contributed by atoms with E-state index in [9.17, 15) is 4.79 Å². The molecule has 3 aromatic carbocycles. The van der Waals surface area contributed by atoms with Crippen LogP contribution >= 0.6 is 11.8 Å². The van der Waals surface area contributed by atoms with E-state index in [0.717, 1.165) is 44.9 Å². The maximum atomic E-state index is 13.5. The first-order valence-corrected chi connectivity index (χ1v) is 12.3. The zero-order valence-electron chi connectivity index (χ0n) is 19.0. The van der Waals surface area contributed by atoms with Gasteiger partial charge in [0.05, 0.1) is 13.2 Å². The maximum Gasteiger partial charge on any atom is 0.322 e. The molecular weight excluding hydrogens is 430 g/mol. The minimum absolute atomic E-state index is 0.0966. The monoisotopic (exact) mass is 457 g/mol. The highest BCUT2D eigenvalue weighted by Crippen LogP contribution is 2.39. The number of ether oxygens (including phenoxy) is 1. The van der Waals surface area contributed by atoms with Gasteiger partial charge in [0.1, 0.15) is 5.75 Å². The van der Waals surface area contributed by atoms with E-state index in [-0.39, 0.29) is 12.1 Å². The molecule has 0 radical (unpaired) electrons. The molecule has 1 aliphatic rings. The summed E-state index contributed by atoms with van der Waals surface area (Å²) in [7, 11) is 1.69. The smallest absolute Gasteiger partial charge is 0.322 e. The van der Waals surface area contributed by atoms with Crippen LogP contribution in [0.15, 0.2) is 71.6 Å². The molecule has 0 saturated heterocycles. The van der Waals surface area contributed by atoms with Crippen molar-refractivity contribution in [2.24, 2.45) is 0 Å². The molecule has 2 amide bonds. The number of fused-ring (bicyclic) bond motifs is 3. The van der Waals surface area contributed by atoms with Crippen molar-refractivity contribution in [2.45, 2.75) is 24.3 Å². The molecule has 0 fully saturated rings. The number of rotatable bonds is 4. The molecule has 5 nitrogen and oxygen atoms in total. The predicted molar refractivity (Wildman–Crippen MR) is 136 cm³/mol. The molecule has 168 valence electrons. The van der Waals surface area contributed by atoms with Gasteiger partial charge in [0, 0.05) is 33.7 Å². The van der Waals surface area contributed by atoms with Gasteiger partial charge >= 0.3 is 6.03 Å². The molecule has 1 atom stereocenters. The number of amides is 2. The zero-order valence-corrected chi connectivity index (χ0v) is 19.8. The van der Waals surface area contributed by atoms with Gasteiger partial charge < -0.3 is 19.9 Å². The highest BCUT2D eigenvalue weighted by molar-refractivity contribution is 7.98. The summed E-state index contributed by atoms with van der Waals surface area (Å²) in [5.74, 6) is 0.838. The molecule has 6 heteroatoms. The molecule has 5 rings (SSSR count). The Labute approximate surface area is 198 Å². The molecule has 0 spiro atoms. The van der Waals surface area contributed by atoms with E-state index in [0.29, 0.717) is 6.54 Å². The Balaban J connectivity index is 1.56. The lowest BCUT2D eigenvalue weighted by atomic mass is 9.92. The number of benzene rings is 3. The predicted octanol–water partition coefficient (Wildman–Crippen LogP) is 6.39. The van der Waals surface area contributed by atoms with Gasteiger partial charge in [-0.3, -0.25) is 0 Å². The number of aromatic nitrogens is 1. The van der Waals surface area contributed by atoms with Gasteiger partial charge in [-0.25, -0.2) is 4.79 Å². The lowest BCUT2D eigenvalue weighted by molar-refractivity contribution is 0.193. The third kappa shape index (κ3) is 4.07. The van der Waals surface area contributed by atoms with Crippen molar-refractivity contribution in [3.05, 3.63) is 89.1 Å². The Morgan fingerprint density at radius 3 is 2.70 bits per heavy atom. The highest BCUT2D eigenvalue weighted by Gasteiger charge is 2.34. The standard InChI is InChI=1S/C27H27N3O2S/c1-17-7-9-18(10-8-17)26-25-22(23-16-20(32-2)11-12-24(23)29-25)13-14-30(26)27(31)28-19-5-4-6-21(15-19)33-3/h4-12,15-16,26,29H,13-14H2,1-3H3,(H,28,31)/t26-/m0/s1. The van der Waals surface area contributed by atoms with Crippen LogP contribution in [0, 0.1) is 6.92 Å². The summed E-state index contributed by atoms with van der Waals surface area (Å²) in [5, 5.41) is 4.28. The summed E-state index contributed by atoms with van der Waals surface area (Å²) in [6.07, 6.45) is 2.81. The van der Waals surface area contributed by atoms with Crippen molar-refractivity contribution in [3.63, 3.8) is 0 Å². The van der Waals surface area contributed by atoms with Gasteiger partial charge in [0.2, 0.25) is 0 Å². The van der Waals surface area contributed by atoms with Crippen molar-refractivity contribution in [3.8, 4) is 5.75 Å². The third-order valence-corrected chi connectivity index (χ3v) is 7.03. The number of urea groups is 1. The number of methoxy groups -OCH3 is 1. The highest BCUT2D eigenvalue weighted by atomic mass is 32.2. The van der Waals surface area contributed by atoms with Crippen LogP contribution in [-0.4, -0.2) is 35.8 Å². The Hall–Kier alpha value is -3.38. The number of hydrogen-bond donors (Lipinski definition) is 2. The SMILES string of the molecule is COc1ccc2[nH]c3c(c2c1)CCN(C(=O)Nc1cccc(SC)c1)[C@H]3c1ccc(C)cc1. The average molecular weight is 458 g/mol. The number of thioether (sulfide) groups is 1. The number of hydrogen-bond acceptors (Lipinski definition) is 3. The van der Waals surface area contributed by atoms with E-state index in [1.165, 1.54) is 11.1 Å². The van der Waals surface area contributed by atoms with Gasteiger partial charge in [-0.1, -0.05) is 35.9 Å². The van der Waals surface area contributed by atoms with Gasteiger partial charge in [0.15, 0.2) is 0 Å². The number of H-pyrrole nitrogens is 1. The first-order chi connectivity index (χ1) is 16.1. The van der Waals surface area contributed by atoms with Crippen LogP contribution < -0.4 is 10.1 Å². The molecule has 2 N–H and O–H groups in total. The number of aryl methyl sites for hydroxylation is 1. The van der Waals surface area contributed by atoms with Crippen LogP contribution in [0.5, 0.6) is 5.75 Å². The van der Waals surface area contributed by atoms with E-state index < -0.39 is 0 Å². The zero-order chi connectivity index (χ0) is 22.9. The minimum atomic E-state index is -0.198. The fraction of sp³-hybridized carbons (Fsp3) is 0.222. The number of nitrogens with one attached hydrogen (secondary N) is 2. The summed E-state index contributed by atoms with van der Waals surface area (Å²) in [4.78, 5) is 20.2. The number of anilines is 1. The van der Waals surface area contributed by atoms with E-state index in [4.69, 9.17) is 4.74 Å². The Morgan fingerprint density at radius 2 is 1.94 bits per heavy atom. The molecule has 2 heterocycles. The van der Waals surface area contributed by atoms with E-state index in [1.54, 1.807) is 18.9 Å². The number of nitrogens with zero attached hydrogens (tertiary/aromatic N) is 1. The first-order valence-electron chi connectivity index (χ1n) is 11.0. The Bertz CT molecular complexity index is 1310. The minimum Gasteiger partial charge on any atom is -0.497 e. The molecular formula is C27H27N3O2S. The van der Waals surface area contributed by atoms with Crippen LogP contribution in [0.25, 0.3) is 10.9 Å². The lowest BCUT2D eigenvalue weighted by Gasteiger charge is -2.36. The van der Waals surface area contributed by atoms with Crippen LogP contribution in [0.3, 0.4) is 0 Å². The average Bonchev–Trinajstić information content (AvgIpc) is 3.22.